The van der Waals surface area contributed by atoms with Crippen LogP contribution in [-0.4, -0.2) is 48.1 Å². The number of aromatic amines is 1. The molecule has 0 spiro atoms. The van der Waals surface area contributed by atoms with Crippen molar-refractivity contribution in [3.63, 3.8) is 0 Å². The number of H-pyrrole nitrogens is 1. The van der Waals surface area contributed by atoms with E-state index in [1.54, 1.807) is 39.0 Å². The minimum Gasteiger partial charge on any atom is -0.395 e. The molecule has 2 heterocycles. The molecule has 1 saturated heterocycles. The lowest BCUT2D eigenvalue weighted by Gasteiger charge is -2.21. The van der Waals surface area contributed by atoms with Crippen LogP contribution in [0, 0.1) is 11.6 Å². The van der Waals surface area contributed by atoms with E-state index in [0.29, 0.717) is 18.2 Å². The van der Waals surface area contributed by atoms with E-state index in [-0.39, 0.29) is 18.2 Å². The number of aliphatic hydroxyl groups excluding tert-OH is 1. The van der Waals surface area contributed by atoms with E-state index in [2.05, 4.69) is 14.6 Å². The van der Waals surface area contributed by atoms with Crippen molar-refractivity contribution in [1.29, 1.82) is 0 Å². The van der Waals surface area contributed by atoms with Crippen LogP contribution in [0.2, 0.25) is 0 Å². The fraction of sp³-hybridized carbons (Fsp3) is 0.417. The predicted octanol–water partition coefficient (Wildman–Crippen LogP) is 4.15. The van der Waals surface area contributed by atoms with Gasteiger partial charge in [-0.3, -0.25) is 4.90 Å². The smallest absolute Gasteiger partial charge is 0.243 e. The van der Waals surface area contributed by atoms with Crippen LogP contribution in [-0.2, 0) is 16.6 Å². The van der Waals surface area contributed by atoms with Crippen molar-refractivity contribution >= 4 is 20.9 Å². The molecule has 1 atom stereocenters. The highest BCUT2D eigenvalue weighted by atomic mass is 32.2. The Morgan fingerprint density at radius 1 is 1.15 bits per heavy atom. The monoisotopic (exact) mass is 477 g/mol. The molecule has 0 saturated carbocycles. The molecule has 0 aliphatic carbocycles. The van der Waals surface area contributed by atoms with Crippen molar-refractivity contribution in [2.75, 3.05) is 13.2 Å². The van der Waals surface area contributed by atoms with Gasteiger partial charge < -0.3 is 10.1 Å². The van der Waals surface area contributed by atoms with Crippen LogP contribution in [0.1, 0.15) is 39.3 Å². The first-order valence-electron chi connectivity index (χ1n) is 11.0. The summed E-state index contributed by atoms with van der Waals surface area (Å²) in [6, 6.07) is 9.01. The molecule has 0 bridgehead atoms. The first kappa shape index (κ1) is 23.8. The summed E-state index contributed by atoms with van der Waals surface area (Å²) in [5, 5.41) is 10.4. The number of rotatable bonds is 6. The van der Waals surface area contributed by atoms with Gasteiger partial charge in [-0.25, -0.2) is 21.9 Å². The normalized spacial score (nSPS) is 17.8. The van der Waals surface area contributed by atoms with Gasteiger partial charge in [-0.05, 0) is 70.0 Å². The van der Waals surface area contributed by atoms with E-state index in [0.717, 1.165) is 42.0 Å². The molecule has 33 heavy (non-hydrogen) atoms. The third kappa shape index (κ3) is 5.11. The van der Waals surface area contributed by atoms with E-state index in [1.165, 1.54) is 0 Å². The summed E-state index contributed by atoms with van der Waals surface area (Å²) in [6.07, 6.45) is 2.02. The van der Waals surface area contributed by atoms with Crippen molar-refractivity contribution in [3.8, 4) is 11.1 Å². The molecule has 6 nitrogen and oxygen atoms in total. The van der Waals surface area contributed by atoms with Crippen molar-refractivity contribution in [3.05, 3.63) is 53.7 Å². The number of sulfonamides is 1. The van der Waals surface area contributed by atoms with Gasteiger partial charge in [-0.2, -0.15) is 0 Å². The van der Waals surface area contributed by atoms with Gasteiger partial charge in [-0.1, -0.05) is 6.07 Å². The van der Waals surface area contributed by atoms with Crippen LogP contribution in [0.25, 0.3) is 22.0 Å². The number of hydrogen-bond donors (Lipinski definition) is 3. The van der Waals surface area contributed by atoms with Gasteiger partial charge in [0.1, 0.15) is 16.5 Å². The first-order chi connectivity index (χ1) is 15.5. The maximum absolute atomic E-state index is 14.7. The zero-order valence-electron chi connectivity index (χ0n) is 19.0. The molecule has 1 aromatic heterocycles. The molecule has 1 fully saturated rings. The van der Waals surface area contributed by atoms with Crippen molar-refractivity contribution in [2.45, 2.75) is 56.6 Å². The minimum absolute atomic E-state index is 0.00946. The Morgan fingerprint density at radius 3 is 2.61 bits per heavy atom. The number of aromatic nitrogens is 1. The fourth-order valence-corrected chi connectivity index (χ4v) is 5.89. The Balaban J connectivity index is 1.68. The molecule has 3 aromatic rings. The second-order valence-corrected chi connectivity index (χ2v) is 11.3. The van der Waals surface area contributed by atoms with Gasteiger partial charge in [0, 0.05) is 46.4 Å². The number of aliphatic hydroxyl groups is 1. The van der Waals surface area contributed by atoms with Crippen LogP contribution in [0.4, 0.5) is 8.78 Å². The molecular formula is C24H29F2N3O3S. The van der Waals surface area contributed by atoms with Gasteiger partial charge in [0.25, 0.3) is 0 Å². The second-order valence-electron chi connectivity index (χ2n) is 9.66. The van der Waals surface area contributed by atoms with Crippen molar-refractivity contribution in [2.24, 2.45) is 0 Å². The quantitative estimate of drug-likeness (QED) is 0.498. The average Bonchev–Trinajstić information content (AvgIpc) is 3.31. The van der Waals surface area contributed by atoms with Crippen LogP contribution in [0.5, 0.6) is 0 Å². The summed E-state index contributed by atoms with van der Waals surface area (Å²) in [7, 11) is -4.18. The summed E-state index contributed by atoms with van der Waals surface area (Å²) in [6.45, 7) is 6.66. The maximum Gasteiger partial charge on any atom is 0.243 e. The number of fused-ring (bicyclic) bond motifs is 1. The number of benzene rings is 2. The highest BCUT2D eigenvalue weighted by Crippen LogP contribution is 2.31. The summed E-state index contributed by atoms with van der Waals surface area (Å²) in [4.78, 5) is 4.98. The third-order valence-electron chi connectivity index (χ3n) is 5.82. The minimum atomic E-state index is -4.18. The number of hydrogen-bond acceptors (Lipinski definition) is 4. The topological polar surface area (TPSA) is 85.4 Å². The number of nitrogens with one attached hydrogen (secondary N) is 2. The van der Waals surface area contributed by atoms with Crippen LogP contribution in [0.3, 0.4) is 0 Å². The highest BCUT2D eigenvalue weighted by molar-refractivity contribution is 7.89. The summed E-state index contributed by atoms with van der Waals surface area (Å²) in [5.41, 5.74) is 1.48. The molecule has 3 N–H and O–H groups in total. The first-order valence-corrected chi connectivity index (χ1v) is 12.4. The van der Waals surface area contributed by atoms with Crippen LogP contribution >= 0.6 is 0 Å². The Bertz CT molecular complexity index is 1280. The van der Waals surface area contributed by atoms with Crippen molar-refractivity contribution < 1.29 is 22.3 Å². The average molecular weight is 478 g/mol. The van der Waals surface area contributed by atoms with Gasteiger partial charge in [0.05, 0.1) is 6.61 Å². The van der Waals surface area contributed by atoms with E-state index in [4.69, 9.17) is 0 Å². The highest BCUT2D eigenvalue weighted by Gasteiger charge is 2.27. The third-order valence-corrected chi connectivity index (χ3v) is 7.60. The molecule has 4 rings (SSSR count). The standard InChI is InChI=1S/C24H29F2N3O3S/c1-24(2,3)28-33(31,32)23-11-19(20(25)12-21(23)26)15-6-7-22-16(9-15)10-17(27-22)13-29-8-4-5-18(29)14-30/h6-7,9-12,18,27-28,30H,4-5,8,13-14H2,1-3H3/t18-/m1/s1. The molecule has 1 aliphatic rings. The summed E-state index contributed by atoms with van der Waals surface area (Å²) < 4.78 is 56.9. The fourth-order valence-electron chi connectivity index (χ4n) is 4.39. The molecule has 178 valence electrons. The summed E-state index contributed by atoms with van der Waals surface area (Å²) >= 11 is 0. The lowest BCUT2D eigenvalue weighted by Crippen LogP contribution is -2.40. The number of halogens is 2. The van der Waals surface area contributed by atoms with E-state index < -0.39 is 32.1 Å². The van der Waals surface area contributed by atoms with E-state index in [1.807, 2.05) is 6.07 Å². The molecule has 9 heteroatoms. The Labute approximate surface area is 192 Å². The van der Waals surface area contributed by atoms with Gasteiger partial charge >= 0.3 is 0 Å². The molecule has 0 radical (unpaired) electrons. The van der Waals surface area contributed by atoms with E-state index in [9.17, 15) is 22.3 Å². The number of likely N-dealkylation sites (tertiary alicyclic amines) is 1. The second kappa shape index (κ2) is 8.79. The van der Waals surface area contributed by atoms with Crippen molar-refractivity contribution in [1.82, 2.24) is 14.6 Å². The molecular weight excluding hydrogens is 448 g/mol. The van der Waals surface area contributed by atoms with Gasteiger partial charge in [0.2, 0.25) is 10.0 Å². The zero-order valence-corrected chi connectivity index (χ0v) is 19.8. The Hall–Kier alpha value is -2.33. The number of nitrogens with zero attached hydrogens (tertiary/aromatic N) is 1. The SMILES string of the molecule is CC(C)(C)NS(=O)(=O)c1cc(-c2ccc3[nH]c(CN4CCC[C@@H]4CO)cc3c2)c(F)cc1F. The lowest BCUT2D eigenvalue weighted by atomic mass is 10.0. The molecule has 1 aliphatic heterocycles. The van der Waals surface area contributed by atoms with Crippen LogP contribution in [0.15, 0.2) is 41.3 Å². The Morgan fingerprint density at radius 2 is 1.91 bits per heavy atom. The molecule has 0 amide bonds. The zero-order chi connectivity index (χ0) is 24.0. The lowest BCUT2D eigenvalue weighted by molar-refractivity contribution is 0.152. The predicted molar refractivity (Wildman–Crippen MR) is 124 cm³/mol. The largest absolute Gasteiger partial charge is 0.395 e. The summed E-state index contributed by atoms with van der Waals surface area (Å²) in [5.74, 6) is -1.97. The van der Waals surface area contributed by atoms with Gasteiger partial charge in [-0.15, -0.1) is 0 Å². The van der Waals surface area contributed by atoms with Gasteiger partial charge in [0.15, 0.2) is 0 Å². The van der Waals surface area contributed by atoms with E-state index >= 15 is 0 Å². The Kier molecular flexibility index (Phi) is 6.34. The molecule has 0 unspecified atom stereocenters. The van der Waals surface area contributed by atoms with Crippen LogP contribution < -0.4 is 4.72 Å². The molecule has 2 aromatic carbocycles. The maximum atomic E-state index is 14.7.